The van der Waals surface area contributed by atoms with Crippen molar-refractivity contribution in [2.75, 3.05) is 0 Å². The lowest BCUT2D eigenvalue weighted by molar-refractivity contribution is -0.142. The molecule has 0 atom stereocenters. The number of carbonyl (C=O) groups is 1. The normalized spacial score (nSPS) is 20.9. The van der Waals surface area contributed by atoms with E-state index in [-0.39, 0.29) is 12.1 Å². The van der Waals surface area contributed by atoms with Crippen LogP contribution in [-0.4, -0.2) is 12.1 Å². The Kier molecular flexibility index (Phi) is 2.53. The summed E-state index contributed by atoms with van der Waals surface area (Å²) in [5.41, 5.74) is 2.75. The third-order valence-electron chi connectivity index (χ3n) is 2.71. The Morgan fingerprint density at radius 2 is 1.93 bits per heavy atom. The van der Waals surface area contributed by atoms with Gasteiger partial charge in [0.05, 0.1) is 0 Å². The molecule has 74 valence electrons. The van der Waals surface area contributed by atoms with Crippen molar-refractivity contribution in [3.8, 4) is 0 Å². The van der Waals surface area contributed by atoms with Gasteiger partial charge in [0, 0.05) is 18.9 Å². The molecule has 1 fully saturated rings. The van der Waals surface area contributed by atoms with Crippen LogP contribution in [0.1, 0.15) is 25.7 Å². The largest absolute Gasteiger partial charge is 0.459 e. The topological polar surface area (TPSA) is 26.3 Å². The maximum Gasteiger partial charge on any atom is 0.330 e. The van der Waals surface area contributed by atoms with Crippen LogP contribution in [0, 0.1) is 0 Å². The van der Waals surface area contributed by atoms with Crippen LogP contribution in [0.15, 0.2) is 36.0 Å². The van der Waals surface area contributed by atoms with Crippen molar-refractivity contribution in [2.45, 2.75) is 31.8 Å². The van der Waals surface area contributed by atoms with Gasteiger partial charge in [-0.1, -0.05) is 18.7 Å². The summed E-state index contributed by atoms with van der Waals surface area (Å²) in [6.45, 7) is 3.39. The van der Waals surface area contributed by atoms with Crippen LogP contribution in [0.4, 0.5) is 0 Å². The zero-order valence-electron chi connectivity index (χ0n) is 8.16. The number of esters is 1. The molecule has 2 aliphatic carbocycles. The number of allylic oxidation sites excluding steroid dienone is 2. The van der Waals surface area contributed by atoms with Gasteiger partial charge in [-0.15, -0.1) is 0 Å². The summed E-state index contributed by atoms with van der Waals surface area (Å²) in [5.74, 6) is -0.310. The molecule has 0 N–H and O–H groups in total. The van der Waals surface area contributed by atoms with Gasteiger partial charge in [0.1, 0.15) is 6.10 Å². The van der Waals surface area contributed by atoms with E-state index in [0.29, 0.717) is 0 Å². The SMILES string of the molecule is C=CC(=O)OC1CC2=CCCC=C2C1. The molecule has 2 heteroatoms. The molecule has 0 radical (unpaired) electrons. The fourth-order valence-electron chi connectivity index (χ4n) is 2.06. The fourth-order valence-corrected chi connectivity index (χ4v) is 2.06. The van der Waals surface area contributed by atoms with Gasteiger partial charge in [0.25, 0.3) is 0 Å². The second-order valence-electron chi connectivity index (χ2n) is 3.71. The second kappa shape index (κ2) is 3.82. The van der Waals surface area contributed by atoms with Crippen LogP contribution in [0.5, 0.6) is 0 Å². The van der Waals surface area contributed by atoms with E-state index in [0.717, 1.165) is 25.7 Å². The highest BCUT2D eigenvalue weighted by molar-refractivity contribution is 5.81. The van der Waals surface area contributed by atoms with Crippen molar-refractivity contribution in [1.29, 1.82) is 0 Å². The van der Waals surface area contributed by atoms with Gasteiger partial charge in [-0.2, -0.15) is 0 Å². The third-order valence-corrected chi connectivity index (χ3v) is 2.71. The summed E-state index contributed by atoms with van der Waals surface area (Å²) in [6.07, 6.45) is 9.80. The molecule has 0 amide bonds. The van der Waals surface area contributed by atoms with Crippen molar-refractivity contribution in [2.24, 2.45) is 0 Å². The molecule has 0 spiro atoms. The molecule has 0 aromatic rings. The average Bonchev–Trinajstić information content (AvgIpc) is 2.59. The van der Waals surface area contributed by atoms with E-state index in [1.807, 2.05) is 0 Å². The summed E-state index contributed by atoms with van der Waals surface area (Å²) in [5, 5.41) is 0. The molecule has 0 saturated heterocycles. The minimum absolute atomic E-state index is 0.0381. The molecular formula is C12H14O2. The van der Waals surface area contributed by atoms with Crippen molar-refractivity contribution < 1.29 is 9.53 Å². The molecule has 0 bridgehead atoms. The zero-order valence-corrected chi connectivity index (χ0v) is 8.16. The van der Waals surface area contributed by atoms with E-state index >= 15 is 0 Å². The van der Waals surface area contributed by atoms with Gasteiger partial charge >= 0.3 is 5.97 Å². The molecule has 0 aromatic carbocycles. The van der Waals surface area contributed by atoms with Crippen molar-refractivity contribution in [1.82, 2.24) is 0 Å². The first-order valence-electron chi connectivity index (χ1n) is 5.01. The van der Waals surface area contributed by atoms with E-state index in [9.17, 15) is 4.79 Å². The molecule has 2 nitrogen and oxygen atoms in total. The Labute approximate surface area is 83.9 Å². The summed E-state index contributed by atoms with van der Waals surface area (Å²) in [6, 6.07) is 0. The van der Waals surface area contributed by atoms with Crippen molar-refractivity contribution in [3.05, 3.63) is 36.0 Å². The number of rotatable bonds is 2. The number of hydrogen-bond acceptors (Lipinski definition) is 2. The van der Waals surface area contributed by atoms with Gasteiger partial charge in [-0.25, -0.2) is 4.79 Å². The Hall–Kier alpha value is -1.31. The van der Waals surface area contributed by atoms with Crippen LogP contribution in [0.2, 0.25) is 0 Å². The lowest BCUT2D eigenvalue weighted by Crippen LogP contribution is -2.12. The number of ether oxygens (including phenoxy) is 1. The molecular weight excluding hydrogens is 176 g/mol. The van der Waals surface area contributed by atoms with Crippen LogP contribution in [0.25, 0.3) is 0 Å². The Bertz CT molecular complexity index is 301. The highest BCUT2D eigenvalue weighted by Crippen LogP contribution is 2.35. The van der Waals surface area contributed by atoms with Crippen LogP contribution >= 0.6 is 0 Å². The van der Waals surface area contributed by atoms with Crippen LogP contribution < -0.4 is 0 Å². The molecule has 0 heterocycles. The quantitative estimate of drug-likeness (QED) is 0.494. The minimum Gasteiger partial charge on any atom is -0.459 e. The van der Waals surface area contributed by atoms with Crippen LogP contribution in [0.3, 0.4) is 0 Å². The van der Waals surface area contributed by atoms with Gasteiger partial charge < -0.3 is 4.74 Å². The van der Waals surface area contributed by atoms with Crippen molar-refractivity contribution >= 4 is 5.97 Å². The average molecular weight is 190 g/mol. The number of carbonyl (C=O) groups excluding carboxylic acids is 1. The van der Waals surface area contributed by atoms with E-state index in [1.165, 1.54) is 17.2 Å². The number of hydrogen-bond donors (Lipinski definition) is 0. The Morgan fingerprint density at radius 3 is 2.43 bits per heavy atom. The smallest absolute Gasteiger partial charge is 0.330 e. The summed E-state index contributed by atoms with van der Waals surface area (Å²) >= 11 is 0. The van der Waals surface area contributed by atoms with Crippen molar-refractivity contribution in [3.63, 3.8) is 0 Å². The molecule has 2 aliphatic rings. The second-order valence-corrected chi connectivity index (χ2v) is 3.71. The Balaban J connectivity index is 2.00. The highest BCUT2D eigenvalue weighted by Gasteiger charge is 2.27. The lowest BCUT2D eigenvalue weighted by Gasteiger charge is -2.07. The first kappa shape index (κ1) is 9.25. The fraction of sp³-hybridized carbons (Fsp3) is 0.417. The predicted molar refractivity (Wildman–Crippen MR) is 54.7 cm³/mol. The summed E-state index contributed by atoms with van der Waals surface area (Å²) < 4.78 is 5.21. The third kappa shape index (κ3) is 1.79. The summed E-state index contributed by atoms with van der Waals surface area (Å²) in [4.78, 5) is 11.0. The standard InChI is InChI=1S/C12H14O2/c1-2-12(13)14-11-7-9-5-3-4-6-10(9)8-11/h2,5-6,11H,1,3-4,7-8H2. The minimum atomic E-state index is -0.310. The van der Waals surface area contributed by atoms with E-state index < -0.39 is 0 Å². The van der Waals surface area contributed by atoms with Gasteiger partial charge in [-0.05, 0) is 24.0 Å². The Morgan fingerprint density at radius 1 is 1.36 bits per heavy atom. The van der Waals surface area contributed by atoms with Gasteiger partial charge in [0.2, 0.25) is 0 Å². The van der Waals surface area contributed by atoms with E-state index in [2.05, 4.69) is 18.7 Å². The lowest BCUT2D eigenvalue weighted by atomic mass is 10.0. The molecule has 14 heavy (non-hydrogen) atoms. The predicted octanol–water partition coefficient (Wildman–Crippen LogP) is 2.52. The maximum absolute atomic E-state index is 11.0. The first-order chi connectivity index (χ1) is 6.79. The highest BCUT2D eigenvalue weighted by atomic mass is 16.5. The van der Waals surface area contributed by atoms with Crippen LogP contribution in [-0.2, 0) is 9.53 Å². The molecule has 0 unspecified atom stereocenters. The monoisotopic (exact) mass is 190 g/mol. The molecule has 2 rings (SSSR count). The first-order valence-corrected chi connectivity index (χ1v) is 5.01. The molecule has 0 aliphatic heterocycles. The van der Waals surface area contributed by atoms with E-state index in [4.69, 9.17) is 4.74 Å². The maximum atomic E-state index is 11.0. The zero-order chi connectivity index (χ0) is 9.97. The van der Waals surface area contributed by atoms with E-state index in [1.54, 1.807) is 0 Å². The molecule has 1 saturated carbocycles. The van der Waals surface area contributed by atoms with Gasteiger partial charge in [0.15, 0.2) is 0 Å². The number of fused-ring (bicyclic) bond motifs is 1. The summed E-state index contributed by atoms with van der Waals surface area (Å²) in [7, 11) is 0. The van der Waals surface area contributed by atoms with Gasteiger partial charge in [-0.3, -0.25) is 0 Å². The molecule has 0 aromatic heterocycles.